The molecule has 0 aliphatic rings. The van der Waals surface area contributed by atoms with Crippen LogP contribution in [0.4, 0.5) is 5.82 Å². The first-order valence-electron chi connectivity index (χ1n) is 5.38. The zero-order chi connectivity index (χ0) is 11.7. The van der Waals surface area contributed by atoms with Crippen LogP contribution in [0.3, 0.4) is 0 Å². The van der Waals surface area contributed by atoms with Crippen LogP contribution < -0.4 is 5.73 Å². The minimum atomic E-state index is 0.290. The minimum Gasteiger partial charge on any atom is -0.382 e. The van der Waals surface area contributed by atoms with E-state index in [1.54, 1.807) is 4.68 Å². The molecule has 0 fully saturated rings. The van der Waals surface area contributed by atoms with Gasteiger partial charge in [-0.1, -0.05) is 37.3 Å². The Labute approximate surface area is 95.1 Å². The molecule has 84 valence electrons. The topological polar surface area (TPSA) is 56.7 Å². The fourth-order valence-electron chi connectivity index (χ4n) is 1.69. The number of aryl methyl sites for hydroxylation is 1. The standard InChI is InChI=1S/C12H16N4/c1-8(2)11-12(13)16(15-14-11)10-7-5-4-6-9(10)3/h4-8H,13H2,1-3H3. The molecule has 4 heteroatoms. The monoisotopic (exact) mass is 216 g/mol. The van der Waals surface area contributed by atoms with E-state index in [0.717, 1.165) is 16.9 Å². The number of hydrogen-bond donors (Lipinski definition) is 1. The van der Waals surface area contributed by atoms with Crippen LogP contribution in [0.25, 0.3) is 5.69 Å². The van der Waals surface area contributed by atoms with Crippen molar-refractivity contribution in [1.82, 2.24) is 15.0 Å². The molecule has 1 heterocycles. The normalized spacial score (nSPS) is 11.0. The summed E-state index contributed by atoms with van der Waals surface area (Å²) in [5.41, 5.74) is 9.01. The van der Waals surface area contributed by atoms with E-state index in [2.05, 4.69) is 24.2 Å². The largest absolute Gasteiger partial charge is 0.382 e. The maximum Gasteiger partial charge on any atom is 0.151 e. The quantitative estimate of drug-likeness (QED) is 0.837. The summed E-state index contributed by atoms with van der Waals surface area (Å²) in [6.07, 6.45) is 0. The van der Waals surface area contributed by atoms with Gasteiger partial charge in [-0.15, -0.1) is 5.10 Å². The number of para-hydroxylation sites is 1. The van der Waals surface area contributed by atoms with Gasteiger partial charge >= 0.3 is 0 Å². The molecular weight excluding hydrogens is 200 g/mol. The summed E-state index contributed by atoms with van der Waals surface area (Å²) in [6.45, 7) is 6.15. The number of anilines is 1. The van der Waals surface area contributed by atoms with Crippen LogP contribution in [0.1, 0.15) is 31.0 Å². The number of hydrogen-bond acceptors (Lipinski definition) is 3. The second kappa shape index (κ2) is 3.96. The Balaban J connectivity index is 2.54. The van der Waals surface area contributed by atoms with Gasteiger partial charge in [-0.25, -0.2) is 0 Å². The van der Waals surface area contributed by atoms with Crippen molar-refractivity contribution in [3.8, 4) is 5.69 Å². The second-order valence-corrected chi connectivity index (χ2v) is 4.21. The highest BCUT2D eigenvalue weighted by Crippen LogP contribution is 2.22. The third-order valence-electron chi connectivity index (χ3n) is 2.62. The smallest absolute Gasteiger partial charge is 0.151 e. The van der Waals surface area contributed by atoms with Gasteiger partial charge < -0.3 is 5.73 Å². The molecule has 0 saturated carbocycles. The van der Waals surface area contributed by atoms with E-state index in [1.807, 2.05) is 31.2 Å². The second-order valence-electron chi connectivity index (χ2n) is 4.21. The van der Waals surface area contributed by atoms with Gasteiger partial charge in [0.2, 0.25) is 0 Å². The van der Waals surface area contributed by atoms with Crippen molar-refractivity contribution in [1.29, 1.82) is 0 Å². The van der Waals surface area contributed by atoms with Crippen molar-refractivity contribution >= 4 is 5.82 Å². The van der Waals surface area contributed by atoms with Crippen LogP contribution in [-0.4, -0.2) is 15.0 Å². The van der Waals surface area contributed by atoms with E-state index < -0.39 is 0 Å². The molecule has 0 radical (unpaired) electrons. The summed E-state index contributed by atoms with van der Waals surface area (Å²) in [5, 5.41) is 8.23. The number of benzene rings is 1. The van der Waals surface area contributed by atoms with Gasteiger partial charge in [0.15, 0.2) is 5.82 Å². The Morgan fingerprint density at radius 3 is 2.50 bits per heavy atom. The van der Waals surface area contributed by atoms with Crippen molar-refractivity contribution in [2.45, 2.75) is 26.7 Å². The molecule has 1 aromatic carbocycles. The van der Waals surface area contributed by atoms with Crippen LogP contribution >= 0.6 is 0 Å². The lowest BCUT2D eigenvalue weighted by Gasteiger charge is -2.07. The summed E-state index contributed by atoms with van der Waals surface area (Å²) in [5.74, 6) is 0.919. The first-order valence-corrected chi connectivity index (χ1v) is 5.38. The first kappa shape index (κ1) is 10.7. The Kier molecular flexibility index (Phi) is 2.64. The predicted molar refractivity (Wildman–Crippen MR) is 64.6 cm³/mol. The summed E-state index contributed by atoms with van der Waals surface area (Å²) in [6, 6.07) is 7.99. The molecule has 0 saturated heterocycles. The average molecular weight is 216 g/mol. The lowest BCUT2D eigenvalue weighted by Crippen LogP contribution is -2.05. The number of aromatic nitrogens is 3. The Hall–Kier alpha value is -1.84. The van der Waals surface area contributed by atoms with Gasteiger partial charge in [0.25, 0.3) is 0 Å². The molecule has 4 nitrogen and oxygen atoms in total. The molecule has 2 N–H and O–H groups in total. The fourth-order valence-corrected chi connectivity index (χ4v) is 1.69. The van der Waals surface area contributed by atoms with E-state index in [9.17, 15) is 0 Å². The SMILES string of the molecule is Cc1ccccc1-n1nnc(C(C)C)c1N. The summed E-state index contributed by atoms with van der Waals surface area (Å²) in [7, 11) is 0. The number of nitrogen functional groups attached to an aromatic ring is 1. The molecule has 16 heavy (non-hydrogen) atoms. The van der Waals surface area contributed by atoms with Gasteiger partial charge in [0.05, 0.1) is 5.69 Å². The van der Waals surface area contributed by atoms with Crippen molar-refractivity contribution in [2.24, 2.45) is 0 Å². The minimum absolute atomic E-state index is 0.290. The molecule has 2 rings (SSSR count). The maximum absolute atomic E-state index is 6.04. The van der Waals surface area contributed by atoms with Crippen LogP contribution in [0.2, 0.25) is 0 Å². The van der Waals surface area contributed by atoms with E-state index in [0.29, 0.717) is 5.82 Å². The number of nitrogens with two attached hydrogens (primary N) is 1. The molecule has 0 amide bonds. The Bertz CT molecular complexity index is 499. The van der Waals surface area contributed by atoms with Gasteiger partial charge in [-0.3, -0.25) is 0 Å². The lowest BCUT2D eigenvalue weighted by atomic mass is 10.1. The van der Waals surface area contributed by atoms with Gasteiger partial charge in [0.1, 0.15) is 5.69 Å². The van der Waals surface area contributed by atoms with Crippen LogP contribution in [0, 0.1) is 6.92 Å². The van der Waals surface area contributed by atoms with Crippen molar-refractivity contribution in [2.75, 3.05) is 5.73 Å². The zero-order valence-corrected chi connectivity index (χ0v) is 9.81. The maximum atomic E-state index is 6.04. The van der Waals surface area contributed by atoms with Gasteiger partial charge in [-0.2, -0.15) is 4.68 Å². The molecule has 0 aliphatic carbocycles. The van der Waals surface area contributed by atoms with Crippen molar-refractivity contribution in [3.05, 3.63) is 35.5 Å². The third-order valence-corrected chi connectivity index (χ3v) is 2.62. The van der Waals surface area contributed by atoms with Gasteiger partial charge in [0, 0.05) is 5.92 Å². The van der Waals surface area contributed by atoms with E-state index >= 15 is 0 Å². The van der Waals surface area contributed by atoms with Gasteiger partial charge in [-0.05, 0) is 18.6 Å². The van der Waals surface area contributed by atoms with Crippen LogP contribution in [-0.2, 0) is 0 Å². The summed E-state index contributed by atoms with van der Waals surface area (Å²) in [4.78, 5) is 0. The van der Waals surface area contributed by atoms with E-state index in [1.165, 1.54) is 0 Å². The summed E-state index contributed by atoms with van der Waals surface area (Å²) < 4.78 is 1.70. The fraction of sp³-hybridized carbons (Fsp3) is 0.333. The Morgan fingerprint density at radius 2 is 1.94 bits per heavy atom. The molecule has 0 unspecified atom stereocenters. The molecule has 2 aromatic rings. The molecule has 0 atom stereocenters. The third kappa shape index (κ3) is 1.66. The molecular formula is C12H16N4. The zero-order valence-electron chi connectivity index (χ0n) is 9.81. The highest BCUT2D eigenvalue weighted by atomic mass is 15.5. The van der Waals surface area contributed by atoms with Crippen molar-refractivity contribution in [3.63, 3.8) is 0 Å². The predicted octanol–water partition coefficient (Wildman–Crippen LogP) is 2.28. The number of nitrogens with zero attached hydrogens (tertiary/aromatic N) is 3. The molecule has 0 bridgehead atoms. The Morgan fingerprint density at radius 1 is 1.25 bits per heavy atom. The number of rotatable bonds is 2. The first-order chi connectivity index (χ1) is 7.61. The summed E-state index contributed by atoms with van der Waals surface area (Å²) >= 11 is 0. The van der Waals surface area contributed by atoms with Crippen LogP contribution in [0.15, 0.2) is 24.3 Å². The molecule has 0 aliphatic heterocycles. The van der Waals surface area contributed by atoms with Crippen LogP contribution in [0.5, 0.6) is 0 Å². The highest BCUT2D eigenvalue weighted by Gasteiger charge is 2.14. The molecule has 0 spiro atoms. The average Bonchev–Trinajstić information content (AvgIpc) is 2.61. The van der Waals surface area contributed by atoms with E-state index in [-0.39, 0.29) is 5.92 Å². The van der Waals surface area contributed by atoms with E-state index in [4.69, 9.17) is 5.73 Å². The van der Waals surface area contributed by atoms with Crippen molar-refractivity contribution < 1.29 is 0 Å². The molecule has 1 aromatic heterocycles. The lowest BCUT2D eigenvalue weighted by molar-refractivity contribution is 0.774. The highest BCUT2D eigenvalue weighted by molar-refractivity contribution is 5.48.